The summed E-state index contributed by atoms with van der Waals surface area (Å²) in [6.07, 6.45) is 10.7. The number of epoxide rings is 1. The maximum absolute atomic E-state index is 11.2. The standard InChI is InChI=1S/C13H22O2/c1-3-5-6-8-12-13(15-12)10-9-11(14)7-4-2/h9-10,12-13H,3-8H2,1-2H3/b10-9+/t12-,13-/m0/s1. The summed E-state index contributed by atoms with van der Waals surface area (Å²) in [6.45, 7) is 4.22. The van der Waals surface area contributed by atoms with Crippen molar-refractivity contribution >= 4 is 5.78 Å². The highest BCUT2D eigenvalue weighted by molar-refractivity contribution is 5.89. The Balaban J connectivity index is 2.07. The van der Waals surface area contributed by atoms with Gasteiger partial charge in [-0.2, -0.15) is 0 Å². The number of ether oxygens (including phenoxy) is 1. The first kappa shape index (κ1) is 12.4. The third-order valence-corrected chi connectivity index (χ3v) is 2.68. The van der Waals surface area contributed by atoms with Gasteiger partial charge >= 0.3 is 0 Å². The third kappa shape index (κ3) is 5.12. The molecule has 0 radical (unpaired) electrons. The minimum atomic E-state index is 0.223. The van der Waals surface area contributed by atoms with Gasteiger partial charge in [-0.1, -0.05) is 33.1 Å². The van der Waals surface area contributed by atoms with Gasteiger partial charge < -0.3 is 4.74 Å². The molecule has 1 fully saturated rings. The zero-order valence-corrected chi connectivity index (χ0v) is 9.87. The van der Waals surface area contributed by atoms with Gasteiger partial charge in [-0.15, -0.1) is 0 Å². The molecule has 0 N–H and O–H groups in total. The lowest BCUT2D eigenvalue weighted by Crippen LogP contribution is -1.94. The molecule has 0 aromatic carbocycles. The van der Waals surface area contributed by atoms with E-state index in [9.17, 15) is 4.79 Å². The van der Waals surface area contributed by atoms with E-state index in [0.717, 1.165) is 12.8 Å². The molecule has 0 aliphatic carbocycles. The number of hydrogen-bond donors (Lipinski definition) is 0. The fourth-order valence-corrected chi connectivity index (χ4v) is 1.69. The number of rotatable bonds is 8. The van der Waals surface area contributed by atoms with Crippen molar-refractivity contribution in [1.82, 2.24) is 0 Å². The molecule has 0 saturated carbocycles. The predicted octanol–water partition coefficient (Wildman–Crippen LogP) is 3.26. The minimum absolute atomic E-state index is 0.223. The van der Waals surface area contributed by atoms with Gasteiger partial charge in [-0.05, 0) is 25.0 Å². The maximum atomic E-state index is 11.2. The molecular weight excluding hydrogens is 188 g/mol. The Morgan fingerprint density at radius 1 is 1.27 bits per heavy atom. The molecule has 1 aliphatic rings. The summed E-state index contributed by atoms with van der Waals surface area (Å²) in [4.78, 5) is 11.2. The fourth-order valence-electron chi connectivity index (χ4n) is 1.69. The molecule has 1 rings (SSSR count). The van der Waals surface area contributed by atoms with Gasteiger partial charge in [0.25, 0.3) is 0 Å². The van der Waals surface area contributed by atoms with E-state index in [-0.39, 0.29) is 11.9 Å². The Morgan fingerprint density at radius 3 is 2.73 bits per heavy atom. The summed E-state index contributed by atoms with van der Waals surface area (Å²) in [6, 6.07) is 0. The summed E-state index contributed by atoms with van der Waals surface area (Å²) in [5.41, 5.74) is 0. The molecule has 1 saturated heterocycles. The Kier molecular flexibility index (Phi) is 5.62. The number of unbranched alkanes of at least 4 members (excludes halogenated alkanes) is 2. The van der Waals surface area contributed by atoms with E-state index in [1.807, 2.05) is 13.0 Å². The Hall–Kier alpha value is -0.630. The highest BCUT2D eigenvalue weighted by atomic mass is 16.6. The molecule has 86 valence electrons. The first-order valence-electron chi connectivity index (χ1n) is 6.14. The Bertz CT molecular complexity index is 221. The van der Waals surface area contributed by atoms with Gasteiger partial charge in [0.1, 0.15) is 6.10 Å². The minimum Gasteiger partial charge on any atom is -0.365 e. The summed E-state index contributed by atoms with van der Waals surface area (Å²) in [5, 5.41) is 0. The molecule has 2 heteroatoms. The van der Waals surface area contributed by atoms with E-state index in [4.69, 9.17) is 4.74 Å². The first-order valence-corrected chi connectivity index (χ1v) is 6.14. The van der Waals surface area contributed by atoms with Crippen molar-refractivity contribution in [3.8, 4) is 0 Å². The largest absolute Gasteiger partial charge is 0.365 e. The van der Waals surface area contributed by atoms with Gasteiger partial charge in [-0.25, -0.2) is 0 Å². The Labute approximate surface area is 92.7 Å². The van der Waals surface area contributed by atoms with Crippen LogP contribution in [0.1, 0.15) is 52.4 Å². The summed E-state index contributed by atoms with van der Waals surface area (Å²) < 4.78 is 5.45. The molecule has 0 aromatic heterocycles. The van der Waals surface area contributed by atoms with Crippen LogP contribution >= 0.6 is 0 Å². The van der Waals surface area contributed by atoms with E-state index in [1.165, 1.54) is 19.3 Å². The second kappa shape index (κ2) is 6.78. The molecule has 0 spiro atoms. The van der Waals surface area contributed by atoms with E-state index in [2.05, 4.69) is 6.92 Å². The topological polar surface area (TPSA) is 29.6 Å². The zero-order valence-electron chi connectivity index (χ0n) is 9.87. The van der Waals surface area contributed by atoms with Crippen LogP contribution in [0.3, 0.4) is 0 Å². The molecule has 1 aliphatic heterocycles. The van der Waals surface area contributed by atoms with Gasteiger partial charge in [0.05, 0.1) is 6.10 Å². The second-order valence-corrected chi connectivity index (χ2v) is 4.21. The molecule has 2 nitrogen and oxygen atoms in total. The molecule has 2 atom stereocenters. The molecule has 0 aromatic rings. The molecule has 1 heterocycles. The molecule has 15 heavy (non-hydrogen) atoms. The SMILES string of the molecule is CCCCC[C@@H]1O[C@H]1/C=C/C(=O)CCC. The zero-order chi connectivity index (χ0) is 11.1. The monoisotopic (exact) mass is 210 g/mol. The average molecular weight is 210 g/mol. The first-order chi connectivity index (χ1) is 7.27. The Morgan fingerprint density at radius 2 is 2.07 bits per heavy atom. The lowest BCUT2D eigenvalue weighted by atomic mass is 10.1. The lowest BCUT2D eigenvalue weighted by molar-refractivity contribution is -0.114. The average Bonchev–Trinajstić information content (AvgIpc) is 2.95. The second-order valence-electron chi connectivity index (χ2n) is 4.21. The van der Waals surface area contributed by atoms with Crippen molar-refractivity contribution in [1.29, 1.82) is 0 Å². The van der Waals surface area contributed by atoms with E-state index in [1.54, 1.807) is 6.08 Å². The summed E-state index contributed by atoms with van der Waals surface area (Å²) >= 11 is 0. The van der Waals surface area contributed by atoms with Gasteiger partial charge in [0, 0.05) is 6.42 Å². The van der Waals surface area contributed by atoms with Crippen LogP contribution in [0.4, 0.5) is 0 Å². The van der Waals surface area contributed by atoms with Gasteiger partial charge in [0.15, 0.2) is 5.78 Å². The fraction of sp³-hybridized carbons (Fsp3) is 0.769. The molecule has 0 unspecified atom stereocenters. The molecule has 0 amide bonds. The van der Waals surface area contributed by atoms with Crippen molar-refractivity contribution < 1.29 is 9.53 Å². The van der Waals surface area contributed by atoms with Crippen molar-refractivity contribution in [2.75, 3.05) is 0 Å². The van der Waals surface area contributed by atoms with Gasteiger partial charge in [0.2, 0.25) is 0 Å². The number of hydrogen-bond acceptors (Lipinski definition) is 2. The van der Waals surface area contributed by atoms with Crippen LogP contribution < -0.4 is 0 Å². The van der Waals surface area contributed by atoms with Crippen LogP contribution in [0.25, 0.3) is 0 Å². The van der Waals surface area contributed by atoms with Crippen LogP contribution in [0.15, 0.2) is 12.2 Å². The van der Waals surface area contributed by atoms with Gasteiger partial charge in [-0.3, -0.25) is 4.79 Å². The predicted molar refractivity (Wildman–Crippen MR) is 61.9 cm³/mol. The summed E-state index contributed by atoms with van der Waals surface area (Å²) in [5.74, 6) is 0.223. The van der Waals surface area contributed by atoms with Crippen LogP contribution in [-0.2, 0) is 9.53 Å². The maximum Gasteiger partial charge on any atom is 0.155 e. The highest BCUT2D eigenvalue weighted by Gasteiger charge is 2.35. The smallest absolute Gasteiger partial charge is 0.155 e. The van der Waals surface area contributed by atoms with Crippen LogP contribution in [0.5, 0.6) is 0 Å². The number of carbonyl (C=O) groups excluding carboxylic acids is 1. The van der Waals surface area contributed by atoms with Crippen molar-refractivity contribution in [3.63, 3.8) is 0 Å². The number of carbonyl (C=O) groups is 1. The lowest BCUT2D eigenvalue weighted by Gasteiger charge is -1.92. The highest BCUT2D eigenvalue weighted by Crippen LogP contribution is 2.28. The number of allylic oxidation sites excluding steroid dienone is 1. The molecular formula is C13H22O2. The van der Waals surface area contributed by atoms with E-state index in [0.29, 0.717) is 12.5 Å². The quantitative estimate of drug-likeness (QED) is 0.349. The third-order valence-electron chi connectivity index (χ3n) is 2.68. The number of ketones is 1. The van der Waals surface area contributed by atoms with Crippen LogP contribution in [-0.4, -0.2) is 18.0 Å². The summed E-state index contributed by atoms with van der Waals surface area (Å²) in [7, 11) is 0. The van der Waals surface area contributed by atoms with Crippen molar-refractivity contribution in [3.05, 3.63) is 12.2 Å². The van der Waals surface area contributed by atoms with Crippen LogP contribution in [0.2, 0.25) is 0 Å². The normalized spacial score (nSPS) is 24.7. The van der Waals surface area contributed by atoms with E-state index >= 15 is 0 Å². The van der Waals surface area contributed by atoms with Crippen LogP contribution in [0, 0.1) is 0 Å². The van der Waals surface area contributed by atoms with E-state index < -0.39 is 0 Å². The van der Waals surface area contributed by atoms with Crippen molar-refractivity contribution in [2.24, 2.45) is 0 Å². The molecule has 0 bridgehead atoms. The van der Waals surface area contributed by atoms with Crippen molar-refractivity contribution in [2.45, 2.75) is 64.6 Å².